The maximum Gasteiger partial charge on any atom is 0.311 e. The van der Waals surface area contributed by atoms with Gasteiger partial charge in [-0.2, -0.15) is 0 Å². The first kappa shape index (κ1) is 17.7. The van der Waals surface area contributed by atoms with E-state index in [0.29, 0.717) is 24.6 Å². The fraction of sp³-hybridized carbons (Fsp3) is 0.316. The predicted octanol–water partition coefficient (Wildman–Crippen LogP) is 3.33. The zero-order chi connectivity index (χ0) is 18.7. The maximum atomic E-state index is 12.7. The Bertz CT molecular complexity index is 811. The fourth-order valence-electron chi connectivity index (χ4n) is 3.31. The van der Waals surface area contributed by atoms with Crippen LogP contribution in [0.3, 0.4) is 0 Å². The lowest BCUT2D eigenvalue weighted by Gasteiger charge is -2.32. The van der Waals surface area contributed by atoms with E-state index in [4.69, 9.17) is 4.74 Å². The molecule has 0 atom stereocenters. The molecule has 1 aliphatic rings. The lowest BCUT2D eigenvalue weighted by Crippen LogP contribution is -2.37. The van der Waals surface area contributed by atoms with Crippen molar-refractivity contribution < 1.29 is 19.6 Å². The number of hydrogen-bond acceptors (Lipinski definition) is 5. The lowest BCUT2D eigenvalue weighted by atomic mass is 9.89. The number of benzene rings is 2. The quantitative estimate of drug-likeness (QED) is 0.670. The number of phenols is 1. The number of piperidine rings is 1. The molecule has 1 aliphatic heterocycles. The average molecular weight is 356 g/mol. The third-order valence-corrected chi connectivity index (χ3v) is 4.77. The minimum Gasteiger partial charge on any atom is -0.508 e. The van der Waals surface area contributed by atoms with Gasteiger partial charge in [-0.15, -0.1) is 0 Å². The number of aromatic hydroxyl groups is 1. The normalized spacial score (nSPS) is 14.9. The molecule has 3 rings (SSSR count). The molecule has 2 aromatic rings. The van der Waals surface area contributed by atoms with Gasteiger partial charge < -0.3 is 14.7 Å². The van der Waals surface area contributed by atoms with Crippen molar-refractivity contribution in [2.75, 3.05) is 20.2 Å². The number of carbonyl (C=O) groups is 1. The maximum absolute atomic E-state index is 12.7. The molecule has 136 valence electrons. The van der Waals surface area contributed by atoms with Crippen molar-refractivity contribution in [2.24, 2.45) is 0 Å². The van der Waals surface area contributed by atoms with Gasteiger partial charge in [-0.1, -0.05) is 12.1 Å². The van der Waals surface area contributed by atoms with Crippen LogP contribution in [0.25, 0.3) is 0 Å². The monoisotopic (exact) mass is 356 g/mol. The minimum absolute atomic E-state index is 0.137. The van der Waals surface area contributed by atoms with E-state index in [1.807, 2.05) is 12.1 Å². The number of ether oxygens (including phenoxy) is 1. The molecule has 1 heterocycles. The average Bonchev–Trinajstić information content (AvgIpc) is 2.67. The molecule has 2 aromatic carbocycles. The number of nitrogens with zero attached hydrogens (tertiary/aromatic N) is 2. The highest BCUT2D eigenvalue weighted by Gasteiger charge is 2.26. The number of methoxy groups -OCH3 is 1. The Kier molecular flexibility index (Phi) is 5.06. The predicted molar refractivity (Wildman–Crippen MR) is 95.6 cm³/mol. The summed E-state index contributed by atoms with van der Waals surface area (Å²) in [6.07, 6.45) is 1.63. The Hall–Kier alpha value is -3.09. The topological polar surface area (TPSA) is 92.9 Å². The molecule has 1 fully saturated rings. The first-order valence-corrected chi connectivity index (χ1v) is 8.40. The molecule has 0 aliphatic carbocycles. The number of phenolic OH excluding ortho intramolecular Hbond substituents is 1. The van der Waals surface area contributed by atoms with E-state index in [2.05, 4.69) is 0 Å². The van der Waals surface area contributed by atoms with Gasteiger partial charge in [-0.25, -0.2) is 0 Å². The third-order valence-electron chi connectivity index (χ3n) is 4.77. The van der Waals surface area contributed by atoms with Crippen LogP contribution in [0.15, 0.2) is 42.5 Å². The van der Waals surface area contributed by atoms with E-state index in [-0.39, 0.29) is 23.1 Å². The van der Waals surface area contributed by atoms with Crippen LogP contribution in [0.2, 0.25) is 0 Å². The van der Waals surface area contributed by atoms with Crippen molar-refractivity contribution in [3.63, 3.8) is 0 Å². The van der Waals surface area contributed by atoms with Crippen molar-refractivity contribution >= 4 is 11.6 Å². The zero-order valence-corrected chi connectivity index (χ0v) is 14.4. The number of likely N-dealkylation sites (tertiary alicyclic amines) is 1. The van der Waals surface area contributed by atoms with Gasteiger partial charge in [-0.05, 0) is 48.6 Å². The number of nitro benzene ring substituents is 1. The molecule has 26 heavy (non-hydrogen) atoms. The molecule has 0 unspecified atom stereocenters. The first-order chi connectivity index (χ1) is 12.5. The van der Waals surface area contributed by atoms with Crippen LogP contribution >= 0.6 is 0 Å². The summed E-state index contributed by atoms with van der Waals surface area (Å²) < 4.78 is 4.97. The number of amides is 1. The second-order valence-electron chi connectivity index (χ2n) is 6.30. The second-order valence-corrected chi connectivity index (χ2v) is 6.30. The van der Waals surface area contributed by atoms with Crippen molar-refractivity contribution in [3.05, 3.63) is 63.7 Å². The molecule has 0 spiro atoms. The van der Waals surface area contributed by atoms with Crippen molar-refractivity contribution in [1.82, 2.24) is 4.90 Å². The highest BCUT2D eigenvalue weighted by molar-refractivity contribution is 5.95. The van der Waals surface area contributed by atoms with Crippen LogP contribution in [0.4, 0.5) is 5.69 Å². The SMILES string of the molecule is COc1ccc(C(=O)N2CCC(c3ccc(O)cc3)CC2)cc1[N+](=O)[O-]. The summed E-state index contributed by atoms with van der Waals surface area (Å²) in [5.41, 5.74) is 1.23. The van der Waals surface area contributed by atoms with E-state index < -0.39 is 4.92 Å². The van der Waals surface area contributed by atoms with Crippen LogP contribution in [0, 0.1) is 10.1 Å². The number of rotatable bonds is 4. The standard InChI is InChI=1S/C19H20N2O5/c1-26-18-7-4-15(12-17(18)21(24)25)19(23)20-10-8-14(9-11-20)13-2-5-16(22)6-3-13/h2-7,12,14,22H,8-11H2,1H3. The van der Waals surface area contributed by atoms with E-state index in [1.54, 1.807) is 23.1 Å². The van der Waals surface area contributed by atoms with Crippen LogP contribution in [0.1, 0.15) is 34.7 Å². The summed E-state index contributed by atoms with van der Waals surface area (Å²) in [6, 6.07) is 11.4. The number of carbonyl (C=O) groups excluding carboxylic acids is 1. The van der Waals surface area contributed by atoms with Crippen LogP contribution in [-0.4, -0.2) is 41.0 Å². The summed E-state index contributed by atoms with van der Waals surface area (Å²) in [7, 11) is 1.36. The smallest absolute Gasteiger partial charge is 0.311 e. The van der Waals surface area contributed by atoms with Crippen molar-refractivity contribution in [3.8, 4) is 11.5 Å². The largest absolute Gasteiger partial charge is 0.508 e. The molecular weight excluding hydrogens is 336 g/mol. The number of hydrogen-bond donors (Lipinski definition) is 1. The molecule has 0 aromatic heterocycles. The van der Waals surface area contributed by atoms with Crippen LogP contribution in [0.5, 0.6) is 11.5 Å². The summed E-state index contributed by atoms with van der Waals surface area (Å²) >= 11 is 0. The first-order valence-electron chi connectivity index (χ1n) is 8.40. The second kappa shape index (κ2) is 7.43. The molecule has 0 saturated carbocycles. The molecule has 7 heteroatoms. The molecule has 1 saturated heterocycles. The van der Waals surface area contributed by atoms with Crippen LogP contribution < -0.4 is 4.74 Å². The molecule has 0 bridgehead atoms. The van der Waals surface area contributed by atoms with Gasteiger partial charge in [0.15, 0.2) is 5.75 Å². The van der Waals surface area contributed by atoms with Gasteiger partial charge in [0.2, 0.25) is 0 Å². The zero-order valence-electron chi connectivity index (χ0n) is 14.4. The summed E-state index contributed by atoms with van der Waals surface area (Å²) in [6.45, 7) is 1.18. The molecule has 1 amide bonds. The van der Waals surface area contributed by atoms with Gasteiger partial charge in [0.25, 0.3) is 5.91 Å². The Morgan fingerprint density at radius 1 is 1.19 bits per heavy atom. The number of nitro groups is 1. The van der Waals surface area contributed by atoms with Gasteiger partial charge >= 0.3 is 5.69 Å². The van der Waals surface area contributed by atoms with Crippen molar-refractivity contribution in [2.45, 2.75) is 18.8 Å². The van der Waals surface area contributed by atoms with Gasteiger partial charge in [0, 0.05) is 24.7 Å². The Morgan fingerprint density at radius 3 is 2.42 bits per heavy atom. The summed E-state index contributed by atoms with van der Waals surface area (Å²) in [5, 5.41) is 20.5. The minimum atomic E-state index is -0.549. The molecular formula is C19H20N2O5. The Morgan fingerprint density at radius 2 is 1.85 bits per heavy atom. The third kappa shape index (κ3) is 3.61. The van der Waals surface area contributed by atoms with Gasteiger partial charge in [-0.3, -0.25) is 14.9 Å². The van der Waals surface area contributed by atoms with E-state index in [9.17, 15) is 20.0 Å². The van der Waals surface area contributed by atoms with E-state index >= 15 is 0 Å². The molecule has 0 radical (unpaired) electrons. The van der Waals surface area contributed by atoms with Crippen molar-refractivity contribution in [1.29, 1.82) is 0 Å². The Labute approximate surface area is 151 Å². The van der Waals surface area contributed by atoms with Gasteiger partial charge in [0.1, 0.15) is 5.75 Å². The molecule has 1 N–H and O–H groups in total. The highest BCUT2D eigenvalue weighted by atomic mass is 16.6. The van der Waals surface area contributed by atoms with Gasteiger partial charge in [0.05, 0.1) is 12.0 Å². The lowest BCUT2D eigenvalue weighted by molar-refractivity contribution is -0.385. The fourth-order valence-corrected chi connectivity index (χ4v) is 3.31. The highest BCUT2D eigenvalue weighted by Crippen LogP contribution is 2.31. The van der Waals surface area contributed by atoms with E-state index in [1.165, 1.54) is 19.2 Å². The Balaban J connectivity index is 1.69. The summed E-state index contributed by atoms with van der Waals surface area (Å²) in [4.78, 5) is 25.0. The summed E-state index contributed by atoms with van der Waals surface area (Å²) in [5.74, 6) is 0.504. The van der Waals surface area contributed by atoms with E-state index in [0.717, 1.165) is 18.4 Å². The molecule has 7 nitrogen and oxygen atoms in total. The van der Waals surface area contributed by atoms with Crippen LogP contribution in [-0.2, 0) is 0 Å².